The highest BCUT2D eigenvalue weighted by atomic mass is 35.5. The van der Waals surface area contributed by atoms with Crippen molar-refractivity contribution in [3.05, 3.63) is 28.8 Å². The summed E-state index contributed by atoms with van der Waals surface area (Å²) in [6.07, 6.45) is 1.08. The van der Waals surface area contributed by atoms with Crippen molar-refractivity contribution in [3.8, 4) is 11.8 Å². The predicted octanol–water partition coefficient (Wildman–Crippen LogP) is 3.99. The summed E-state index contributed by atoms with van der Waals surface area (Å²) >= 11 is 6.15. The van der Waals surface area contributed by atoms with E-state index in [1.54, 1.807) is 23.1 Å². The molecule has 5 nitrogen and oxygen atoms in total. The molecule has 1 amide bonds. The van der Waals surface area contributed by atoms with Crippen LogP contribution in [0.3, 0.4) is 0 Å². The molecular formula is C17H21ClN2O3. The van der Waals surface area contributed by atoms with Gasteiger partial charge in [-0.15, -0.1) is 0 Å². The van der Waals surface area contributed by atoms with Crippen molar-refractivity contribution in [2.75, 3.05) is 13.1 Å². The molecule has 0 aliphatic carbocycles. The molecule has 1 fully saturated rings. The van der Waals surface area contributed by atoms with Crippen molar-refractivity contribution in [2.45, 2.75) is 45.3 Å². The zero-order valence-electron chi connectivity index (χ0n) is 13.6. The fraction of sp³-hybridized carbons (Fsp3) is 0.529. The number of nitriles is 1. The van der Waals surface area contributed by atoms with E-state index in [1.165, 1.54) is 0 Å². The number of benzene rings is 1. The van der Waals surface area contributed by atoms with Gasteiger partial charge in [-0.05, 0) is 32.9 Å². The summed E-state index contributed by atoms with van der Waals surface area (Å²) in [5.74, 6) is 0.515. The van der Waals surface area contributed by atoms with E-state index in [9.17, 15) is 4.79 Å². The molecule has 0 N–H and O–H groups in total. The monoisotopic (exact) mass is 336 g/mol. The Morgan fingerprint density at radius 1 is 1.35 bits per heavy atom. The maximum absolute atomic E-state index is 12.0. The largest absolute Gasteiger partial charge is 0.489 e. The van der Waals surface area contributed by atoms with Crippen LogP contribution in [0.1, 0.15) is 39.2 Å². The van der Waals surface area contributed by atoms with Gasteiger partial charge in [-0.3, -0.25) is 0 Å². The minimum absolute atomic E-state index is 0.0277. The second-order valence-corrected chi connectivity index (χ2v) is 6.89. The second kappa shape index (κ2) is 7.10. The maximum Gasteiger partial charge on any atom is 0.410 e. The Labute approximate surface area is 141 Å². The molecule has 0 saturated carbocycles. The van der Waals surface area contributed by atoms with Crippen molar-refractivity contribution in [1.82, 2.24) is 4.90 Å². The van der Waals surface area contributed by atoms with Crippen molar-refractivity contribution in [3.63, 3.8) is 0 Å². The fourth-order valence-electron chi connectivity index (χ4n) is 2.35. The van der Waals surface area contributed by atoms with Crippen LogP contribution in [0.25, 0.3) is 0 Å². The van der Waals surface area contributed by atoms with Crippen molar-refractivity contribution in [1.29, 1.82) is 5.26 Å². The number of hydrogen-bond acceptors (Lipinski definition) is 4. The summed E-state index contributed by atoms with van der Waals surface area (Å²) in [5.41, 5.74) is -0.0919. The number of piperidine rings is 1. The molecule has 124 valence electrons. The first-order chi connectivity index (χ1) is 10.8. The highest BCUT2D eigenvalue weighted by molar-refractivity contribution is 6.33. The lowest BCUT2D eigenvalue weighted by molar-refractivity contribution is 0.0126. The molecular weight excluding hydrogens is 316 g/mol. The molecule has 0 unspecified atom stereocenters. The van der Waals surface area contributed by atoms with Gasteiger partial charge in [0.2, 0.25) is 0 Å². The van der Waals surface area contributed by atoms with Gasteiger partial charge in [-0.1, -0.05) is 17.7 Å². The molecule has 1 heterocycles. The Balaban J connectivity index is 1.91. The molecule has 0 atom stereocenters. The lowest BCUT2D eigenvalue weighted by Crippen LogP contribution is -2.44. The smallest absolute Gasteiger partial charge is 0.410 e. The van der Waals surface area contributed by atoms with Crippen LogP contribution in [0.15, 0.2) is 18.2 Å². The van der Waals surface area contributed by atoms with Gasteiger partial charge in [0, 0.05) is 25.9 Å². The summed E-state index contributed by atoms with van der Waals surface area (Å²) in [6, 6.07) is 7.19. The Bertz CT molecular complexity index is 611. The van der Waals surface area contributed by atoms with E-state index < -0.39 is 5.60 Å². The van der Waals surface area contributed by atoms with Gasteiger partial charge in [-0.2, -0.15) is 5.26 Å². The SMILES string of the molecule is CC(C)(C)OC(=O)N1CCC(Oc2cccc(C#N)c2Cl)CC1. The second-order valence-electron chi connectivity index (χ2n) is 6.51. The Kier molecular flexibility index (Phi) is 5.38. The fourth-order valence-corrected chi connectivity index (χ4v) is 2.56. The number of carbonyl (C=O) groups excluding carboxylic acids is 1. The van der Waals surface area contributed by atoms with Crippen LogP contribution in [0.2, 0.25) is 5.02 Å². The minimum Gasteiger partial charge on any atom is -0.489 e. The van der Waals surface area contributed by atoms with E-state index in [1.807, 2.05) is 26.8 Å². The molecule has 1 aromatic rings. The topological polar surface area (TPSA) is 62.6 Å². The van der Waals surface area contributed by atoms with Gasteiger partial charge >= 0.3 is 6.09 Å². The molecule has 0 spiro atoms. The predicted molar refractivity (Wildman–Crippen MR) is 87.6 cm³/mol. The summed E-state index contributed by atoms with van der Waals surface area (Å²) in [4.78, 5) is 13.7. The first kappa shape index (κ1) is 17.4. The molecule has 23 heavy (non-hydrogen) atoms. The van der Waals surface area contributed by atoms with E-state index in [-0.39, 0.29) is 12.2 Å². The average Bonchev–Trinajstić information content (AvgIpc) is 2.48. The number of rotatable bonds is 2. The molecule has 6 heteroatoms. The molecule has 1 aliphatic rings. The van der Waals surface area contributed by atoms with E-state index in [2.05, 4.69) is 0 Å². The number of hydrogen-bond donors (Lipinski definition) is 0. The summed E-state index contributed by atoms with van der Waals surface area (Å²) in [7, 11) is 0. The molecule has 0 bridgehead atoms. The van der Waals surface area contributed by atoms with Crippen LogP contribution in [0.4, 0.5) is 4.79 Å². The first-order valence-electron chi connectivity index (χ1n) is 7.63. The average molecular weight is 337 g/mol. The Morgan fingerprint density at radius 3 is 2.57 bits per heavy atom. The standard InChI is InChI=1S/C17H21ClN2O3/c1-17(2,3)23-16(21)20-9-7-13(8-10-20)22-14-6-4-5-12(11-19)15(14)18/h4-6,13H,7-10H2,1-3H3. The highest BCUT2D eigenvalue weighted by Gasteiger charge is 2.28. The quantitative estimate of drug-likeness (QED) is 0.819. The summed E-state index contributed by atoms with van der Waals surface area (Å²) in [6.45, 7) is 6.71. The molecule has 0 radical (unpaired) electrons. The lowest BCUT2D eigenvalue weighted by Gasteiger charge is -2.33. The normalized spacial score (nSPS) is 15.9. The first-order valence-corrected chi connectivity index (χ1v) is 8.01. The number of likely N-dealkylation sites (tertiary alicyclic amines) is 1. The molecule has 1 saturated heterocycles. The van der Waals surface area contributed by atoms with Crippen molar-refractivity contribution in [2.24, 2.45) is 0 Å². The van der Waals surface area contributed by atoms with Gasteiger partial charge < -0.3 is 14.4 Å². The van der Waals surface area contributed by atoms with Crippen molar-refractivity contribution >= 4 is 17.7 Å². The lowest BCUT2D eigenvalue weighted by atomic mass is 10.1. The zero-order chi connectivity index (χ0) is 17.0. The van der Waals surface area contributed by atoms with Gasteiger partial charge in [0.1, 0.15) is 28.5 Å². The van der Waals surface area contributed by atoms with E-state index in [4.69, 9.17) is 26.3 Å². The van der Waals surface area contributed by atoms with Gasteiger partial charge in [0.15, 0.2) is 0 Å². The van der Waals surface area contributed by atoms with Gasteiger partial charge in [0.05, 0.1) is 5.56 Å². The third-order valence-corrected chi connectivity index (χ3v) is 3.86. The van der Waals surface area contributed by atoms with Crippen LogP contribution < -0.4 is 4.74 Å². The van der Waals surface area contributed by atoms with Crippen molar-refractivity contribution < 1.29 is 14.3 Å². The Morgan fingerprint density at radius 2 is 2.00 bits per heavy atom. The third kappa shape index (κ3) is 4.77. The zero-order valence-corrected chi connectivity index (χ0v) is 14.4. The van der Waals surface area contributed by atoms with E-state index >= 15 is 0 Å². The number of nitrogens with zero attached hydrogens (tertiary/aromatic N) is 2. The molecule has 1 aliphatic heterocycles. The summed E-state index contributed by atoms with van der Waals surface area (Å²) < 4.78 is 11.3. The summed E-state index contributed by atoms with van der Waals surface area (Å²) in [5, 5.41) is 9.33. The number of ether oxygens (including phenoxy) is 2. The number of amides is 1. The third-order valence-electron chi connectivity index (χ3n) is 3.47. The van der Waals surface area contributed by atoms with Crippen LogP contribution in [-0.2, 0) is 4.74 Å². The molecule has 0 aromatic heterocycles. The number of halogens is 1. The number of carbonyl (C=O) groups is 1. The van der Waals surface area contributed by atoms with Crippen LogP contribution in [0, 0.1) is 11.3 Å². The van der Waals surface area contributed by atoms with Gasteiger partial charge in [-0.25, -0.2) is 4.79 Å². The van der Waals surface area contributed by atoms with Crippen LogP contribution in [0.5, 0.6) is 5.75 Å². The highest BCUT2D eigenvalue weighted by Crippen LogP contribution is 2.30. The van der Waals surface area contributed by atoms with Gasteiger partial charge in [0.25, 0.3) is 0 Å². The molecule has 1 aromatic carbocycles. The van der Waals surface area contributed by atoms with Crippen LogP contribution >= 0.6 is 11.6 Å². The minimum atomic E-state index is -0.490. The van der Waals surface area contributed by atoms with E-state index in [0.717, 1.165) is 0 Å². The molecule has 2 rings (SSSR count). The maximum atomic E-state index is 12.0. The van der Waals surface area contributed by atoms with E-state index in [0.29, 0.717) is 42.3 Å². The Hall–Kier alpha value is -1.93. The van der Waals surface area contributed by atoms with Crippen LogP contribution in [-0.4, -0.2) is 35.8 Å².